The fourth-order valence-corrected chi connectivity index (χ4v) is 4.42. The maximum absolute atomic E-state index is 12.0. The number of hydrogen-bond donors (Lipinski definition) is 2. The van der Waals surface area contributed by atoms with Crippen molar-refractivity contribution < 1.29 is 9.53 Å². The number of nitrogens with two attached hydrogens (primary N) is 2. The van der Waals surface area contributed by atoms with Crippen LogP contribution in [0.25, 0.3) is 21.9 Å². The Morgan fingerprint density at radius 3 is 2.70 bits per heavy atom. The Morgan fingerprint density at radius 2 is 1.88 bits per heavy atom. The van der Waals surface area contributed by atoms with Gasteiger partial charge in [0.25, 0.3) is 5.91 Å². The molecule has 0 unspecified atom stereocenters. The predicted octanol–water partition coefficient (Wildman–Crippen LogP) is 2.52. The van der Waals surface area contributed by atoms with Gasteiger partial charge >= 0.3 is 0 Å². The first-order valence-electron chi connectivity index (χ1n) is 11.2. The molecule has 0 aliphatic carbocycles. The highest BCUT2D eigenvalue weighted by Crippen LogP contribution is 2.27. The Morgan fingerprint density at radius 1 is 1.06 bits per heavy atom. The van der Waals surface area contributed by atoms with Gasteiger partial charge < -0.3 is 25.7 Å². The molecule has 1 fully saturated rings. The number of primary amides is 1. The number of fused-ring (bicyclic) bond motifs is 3. The van der Waals surface area contributed by atoms with Crippen LogP contribution < -0.4 is 16.4 Å². The lowest BCUT2D eigenvalue weighted by Crippen LogP contribution is -2.37. The minimum absolute atomic E-state index is 0.442. The van der Waals surface area contributed by atoms with Crippen molar-refractivity contribution in [3.05, 3.63) is 54.0 Å². The first kappa shape index (κ1) is 21.1. The van der Waals surface area contributed by atoms with E-state index in [2.05, 4.69) is 19.4 Å². The Hall–Kier alpha value is -3.72. The van der Waals surface area contributed by atoms with Crippen LogP contribution in [0.3, 0.4) is 0 Å². The molecule has 1 amide bonds. The van der Waals surface area contributed by atoms with Gasteiger partial charge in [-0.25, -0.2) is 15.0 Å². The van der Waals surface area contributed by atoms with Crippen LogP contribution in [-0.4, -0.2) is 51.7 Å². The van der Waals surface area contributed by atoms with Crippen molar-refractivity contribution in [2.75, 3.05) is 36.9 Å². The van der Waals surface area contributed by atoms with E-state index < -0.39 is 5.91 Å². The second-order valence-corrected chi connectivity index (χ2v) is 8.23. The second kappa shape index (κ2) is 9.03. The number of morpholine rings is 1. The van der Waals surface area contributed by atoms with E-state index in [0.29, 0.717) is 31.0 Å². The third kappa shape index (κ3) is 4.19. The molecule has 170 valence electrons. The number of rotatable bonds is 7. The average molecular weight is 446 g/mol. The number of para-hydroxylation sites is 1. The van der Waals surface area contributed by atoms with Gasteiger partial charge in [-0.1, -0.05) is 18.2 Å². The Kier molecular flexibility index (Phi) is 5.78. The van der Waals surface area contributed by atoms with E-state index in [1.165, 1.54) is 0 Å². The van der Waals surface area contributed by atoms with E-state index in [1.54, 1.807) is 6.07 Å². The molecule has 0 saturated carbocycles. The summed E-state index contributed by atoms with van der Waals surface area (Å²) in [5.41, 5.74) is 15.6. The number of amides is 1. The highest BCUT2D eigenvalue weighted by molar-refractivity contribution is 6.06. The topological polar surface area (TPSA) is 125 Å². The molecular formula is C24H27N7O2. The molecule has 0 radical (unpaired) electrons. The number of anilines is 2. The third-order valence-corrected chi connectivity index (χ3v) is 6.10. The summed E-state index contributed by atoms with van der Waals surface area (Å²) >= 11 is 0. The lowest BCUT2D eigenvalue weighted by molar-refractivity contribution is 0.0998. The summed E-state index contributed by atoms with van der Waals surface area (Å²) in [6.45, 7) is 3.73. The van der Waals surface area contributed by atoms with Gasteiger partial charge in [-0.3, -0.25) is 4.79 Å². The van der Waals surface area contributed by atoms with Crippen LogP contribution in [0.1, 0.15) is 28.9 Å². The highest BCUT2D eigenvalue weighted by Gasteiger charge is 2.17. The van der Waals surface area contributed by atoms with Crippen molar-refractivity contribution in [2.24, 2.45) is 5.73 Å². The van der Waals surface area contributed by atoms with E-state index in [9.17, 15) is 4.79 Å². The molecule has 4 heterocycles. The highest BCUT2D eigenvalue weighted by atomic mass is 16.5. The largest absolute Gasteiger partial charge is 0.382 e. The molecular weight excluding hydrogens is 418 g/mol. The zero-order valence-electron chi connectivity index (χ0n) is 18.4. The number of benzene rings is 1. The number of aryl methyl sites for hydroxylation is 2. The average Bonchev–Trinajstić information content (AvgIpc) is 3.27. The fourth-order valence-electron chi connectivity index (χ4n) is 4.42. The van der Waals surface area contributed by atoms with E-state index in [4.69, 9.17) is 21.2 Å². The molecule has 0 bridgehead atoms. The van der Waals surface area contributed by atoms with Crippen LogP contribution in [0.15, 0.2) is 42.7 Å². The molecule has 0 atom stereocenters. The molecule has 1 aromatic carbocycles. The predicted molar refractivity (Wildman–Crippen MR) is 128 cm³/mol. The van der Waals surface area contributed by atoms with E-state index in [0.717, 1.165) is 65.9 Å². The lowest BCUT2D eigenvalue weighted by Gasteiger charge is -2.28. The molecule has 5 rings (SSSR count). The third-order valence-electron chi connectivity index (χ3n) is 6.10. The summed E-state index contributed by atoms with van der Waals surface area (Å²) < 4.78 is 7.56. The first-order chi connectivity index (χ1) is 16.1. The van der Waals surface area contributed by atoms with Gasteiger partial charge in [0.2, 0.25) is 0 Å². The second-order valence-electron chi connectivity index (χ2n) is 8.23. The van der Waals surface area contributed by atoms with Crippen LogP contribution in [0.2, 0.25) is 0 Å². The van der Waals surface area contributed by atoms with Gasteiger partial charge in [-0.05, 0) is 37.5 Å². The molecule has 1 aliphatic heterocycles. The molecule has 4 N–H and O–H groups in total. The van der Waals surface area contributed by atoms with Gasteiger partial charge in [-0.2, -0.15) is 0 Å². The zero-order valence-corrected chi connectivity index (χ0v) is 18.4. The van der Waals surface area contributed by atoms with E-state index in [-0.39, 0.29) is 0 Å². The van der Waals surface area contributed by atoms with Gasteiger partial charge in [0.15, 0.2) is 5.82 Å². The summed E-state index contributed by atoms with van der Waals surface area (Å²) in [5.74, 6) is 0.868. The van der Waals surface area contributed by atoms with Crippen LogP contribution in [-0.2, 0) is 17.7 Å². The van der Waals surface area contributed by atoms with Crippen molar-refractivity contribution in [1.29, 1.82) is 0 Å². The maximum atomic E-state index is 12.0. The van der Waals surface area contributed by atoms with Crippen molar-refractivity contribution in [3.8, 4) is 0 Å². The molecule has 9 nitrogen and oxygen atoms in total. The van der Waals surface area contributed by atoms with E-state index in [1.807, 2.05) is 36.7 Å². The number of aromatic nitrogens is 4. The number of imidazole rings is 1. The Balaban J connectivity index is 1.32. The number of nitrogen functional groups attached to an aromatic ring is 1. The number of ether oxygens (including phenoxy) is 1. The maximum Gasteiger partial charge on any atom is 0.250 e. The normalized spacial score (nSPS) is 14.2. The monoisotopic (exact) mass is 445 g/mol. The number of carbonyl (C=O) groups excluding carboxylic acids is 1. The SMILES string of the molecule is NC(=O)c1ccc(N2CCOCC2)nc1CCCCn1cnc2c(N)nc3ccccc3c21. The molecule has 1 saturated heterocycles. The van der Waals surface area contributed by atoms with Crippen LogP contribution in [0.4, 0.5) is 11.6 Å². The summed E-state index contributed by atoms with van der Waals surface area (Å²) in [7, 11) is 0. The van der Waals surface area contributed by atoms with Crippen molar-refractivity contribution in [1.82, 2.24) is 19.5 Å². The van der Waals surface area contributed by atoms with Crippen LogP contribution in [0, 0.1) is 0 Å². The number of nitrogens with zero attached hydrogens (tertiary/aromatic N) is 5. The number of carbonyl (C=O) groups is 1. The van der Waals surface area contributed by atoms with Crippen molar-refractivity contribution >= 4 is 39.5 Å². The molecule has 3 aromatic heterocycles. The summed E-state index contributed by atoms with van der Waals surface area (Å²) in [6, 6.07) is 11.6. The van der Waals surface area contributed by atoms with Gasteiger partial charge in [0.05, 0.1) is 41.8 Å². The van der Waals surface area contributed by atoms with Gasteiger partial charge in [0.1, 0.15) is 11.3 Å². The van der Waals surface area contributed by atoms with Gasteiger partial charge in [-0.15, -0.1) is 0 Å². The first-order valence-corrected chi connectivity index (χ1v) is 11.2. The Bertz CT molecular complexity index is 1310. The van der Waals surface area contributed by atoms with Crippen LogP contribution in [0.5, 0.6) is 0 Å². The van der Waals surface area contributed by atoms with E-state index >= 15 is 0 Å². The molecule has 33 heavy (non-hydrogen) atoms. The number of unbranched alkanes of at least 4 members (excludes halogenated alkanes) is 1. The van der Waals surface area contributed by atoms with Gasteiger partial charge in [0, 0.05) is 25.0 Å². The van der Waals surface area contributed by atoms with Crippen molar-refractivity contribution in [3.63, 3.8) is 0 Å². The molecule has 0 spiro atoms. The zero-order chi connectivity index (χ0) is 22.8. The van der Waals surface area contributed by atoms with Crippen molar-refractivity contribution in [2.45, 2.75) is 25.8 Å². The minimum Gasteiger partial charge on any atom is -0.382 e. The molecule has 1 aliphatic rings. The smallest absolute Gasteiger partial charge is 0.250 e. The molecule has 9 heteroatoms. The number of hydrogen-bond acceptors (Lipinski definition) is 7. The van der Waals surface area contributed by atoms with Crippen LogP contribution >= 0.6 is 0 Å². The lowest BCUT2D eigenvalue weighted by atomic mass is 10.1. The standard InChI is InChI=1S/C24H27N7O2/c25-23-21-22(16-5-1-2-6-18(16)29-23)31(15-27-21)10-4-3-7-19-17(24(26)32)8-9-20(28-19)30-11-13-33-14-12-30/h1-2,5-6,8-9,15H,3-4,7,10-14H2,(H2,25,29)(H2,26,32). The minimum atomic E-state index is -0.443. The Labute approximate surface area is 191 Å². The summed E-state index contributed by atoms with van der Waals surface area (Å²) in [4.78, 5) is 27.9. The quantitative estimate of drug-likeness (QED) is 0.419. The summed E-state index contributed by atoms with van der Waals surface area (Å²) in [5, 5.41) is 1.04. The fraction of sp³-hybridized carbons (Fsp3) is 0.333. The summed E-state index contributed by atoms with van der Waals surface area (Å²) in [6.07, 6.45) is 4.25. The molecule has 4 aromatic rings. The number of pyridine rings is 2.